The van der Waals surface area contributed by atoms with Gasteiger partial charge in [0.2, 0.25) is 5.91 Å². The van der Waals surface area contributed by atoms with E-state index in [1.807, 2.05) is 36.4 Å². The Kier molecular flexibility index (Phi) is 4.40. The number of hydrogen-bond acceptors (Lipinski definition) is 3. The summed E-state index contributed by atoms with van der Waals surface area (Å²) in [6.45, 7) is 0.667. The Morgan fingerprint density at radius 3 is 2.80 bits per heavy atom. The SMILES string of the molecule is O=C1C(NC2CCCc3ccc(O)cc32)CCN1c1ccccc1Cl. The van der Waals surface area contributed by atoms with Crippen molar-refractivity contribution in [1.82, 2.24) is 5.32 Å². The Labute approximate surface area is 152 Å². The molecule has 0 aromatic heterocycles. The van der Waals surface area contributed by atoms with Crippen molar-refractivity contribution < 1.29 is 9.90 Å². The minimum absolute atomic E-state index is 0.0698. The summed E-state index contributed by atoms with van der Waals surface area (Å²) in [7, 11) is 0. The van der Waals surface area contributed by atoms with Crippen molar-refractivity contribution in [2.24, 2.45) is 0 Å². The average Bonchev–Trinajstić information content (AvgIpc) is 2.96. The molecule has 0 radical (unpaired) electrons. The average molecular weight is 357 g/mol. The maximum atomic E-state index is 12.9. The van der Waals surface area contributed by atoms with E-state index in [0.29, 0.717) is 11.6 Å². The topological polar surface area (TPSA) is 52.6 Å². The van der Waals surface area contributed by atoms with Crippen LogP contribution in [0.1, 0.15) is 36.4 Å². The van der Waals surface area contributed by atoms with Gasteiger partial charge in [-0.25, -0.2) is 0 Å². The zero-order chi connectivity index (χ0) is 17.4. The number of rotatable bonds is 3. The maximum absolute atomic E-state index is 12.9. The highest BCUT2D eigenvalue weighted by Gasteiger charge is 2.35. The maximum Gasteiger partial charge on any atom is 0.244 e. The number of anilines is 1. The highest BCUT2D eigenvalue weighted by Crippen LogP contribution is 2.34. The van der Waals surface area contributed by atoms with Crippen LogP contribution >= 0.6 is 11.6 Å². The molecule has 4 rings (SSSR count). The highest BCUT2D eigenvalue weighted by atomic mass is 35.5. The Morgan fingerprint density at radius 2 is 1.96 bits per heavy atom. The predicted molar refractivity (Wildman–Crippen MR) is 99.1 cm³/mol. The summed E-state index contributed by atoms with van der Waals surface area (Å²) in [5.74, 6) is 0.350. The summed E-state index contributed by atoms with van der Waals surface area (Å²) < 4.78 is 0. The number of nitrogens with one attached hydrogen (secondary N) is 1. The van der Waals surface area contributed by atoms with Crippen LogP contribution in [0.15, 0.2) is 42.5 Å². The van der Waals surface area contributed by atoms with Crippen molar-refractivity contribution in [1.29, 1.82) is 0 Å². The summed E-state index contributed by atoms with van der Waals surface area (Å²) in [6.07, 6.45) is 3.85. The van der Waals surface area contributed by atoms with Gasteiger partial charge in [-0.05, 0) is 61.1 Å². The van der Waals surface area contributed by atoms with Gasteiger partial charge in [-0.3, -0.25) is 10.1 Å². The second kappa shape index (κ2) is 6.70. The number of para-hydroxylation sites is 1. The van der Waals surface area contributed by atoms with Gasteiger partial charge in [0.1, 0.15) is 5.75 Å². The number of carbonyl (C=O) groups excluding carboxylic acids is 1. The molecule has 5 heteroatoms. The summed E-state index contributed by atoms with van der Waals surface area (Å²) in [5.41, 5.74) is 3.16. The number of nitrogens with zero attached hydrogens (tertiary/aromatic N) is 1. The van der Waals surface area contributed by atoms with Crippen LogP contribution < -0.4 is 10.2 Å². The molecule has 1 aliphatic carbocycles. The molecular weight excluding hydrogens is 336 g/mol. The fourth-order valence-electron chi connectivity index (χ4n) is 3.95. The normalized spacial score (nSPS) is 22.9. The van der Waals surface area contributed by atoms with Crippen molar-refractivity contribution >= 4 is 23.2 Å². The monoisotopic (exact) mass is 356 g/mol. The summed E-state index contributed by atoms with van der Waals surface area (Å²) >= 11 is 6.25. The summed E-state index contributed by atoms with van der Waals surface area (Å²) in [6, 6.07) is 12.9. The van der Waals surface area contributed by atoms with Crippen molar-refractivity contribution in [2.75, 3.05) is 11.4 Å². The first kappa shape index (κ1) is 16.4. The molecule has 2 aromatic carbocycles. The Morgan fingerprint density at radius 1 is 1.12 bits per heavy atom. The molecule has 1 saturated heterocycles. The van der Waals surface area contributed by atoms with E-state index in [0.717, 1.165) is 36.9 Å². The van der Waals surface area contributed by atoms with Gasteiger partial charge < -0.3 is 10.0 Å². The third kappa shape index (κ3) is 3.12. The van der Waals surface area contributed by atoms with Crippen molar-refractivity contribution in [2.45, 2.75) is 37.8 Å². The number of amides is 1. The van der Waals surface area contributed by atoms with E-state index in [9.17, 15) is 9.90 Å². The number of phenolic OH excluding ortho intramolecular Hbond substituents is 1. The zero-order valence-electron chi connectivity index (χ0n) is 13.9. The molecule has 25 heavy (non-hydrogen) atoms. The van der Waals surface area contributed by atoms with Crippen molar-refractivity contribution in [3.05, 3.63) is 58.6 Å². The lowest BCUT2D eigenvalue weighted by Gasteiger charge is -2.29. The quantitative estimate of drug-likeness (QED) is 0.879. The Bertz CT molecular complexity index is 808. The molecule has 2 unspecified atom stereocenters. The lowest BCUT2D eigenvalue weighted by Crippen LogP contribution is -2.41. The Hall–Kier alpha value is -2.04. The van der Waals surface area contributed by atoms with E-state index in [1.165, 1.54) is 5.56 Å². The van der Waals surface area contributed by atoms with Crippen LogP contribution in [-0.4, -0.2) is 23.6 Å². The van der Waals surface area contributed by atoms with Gasteiger partial charge in [-0.1, -0.05) is 29.8 Å². The molecule has 1 amide bonds. The van der Waals surface area contributed by atoms with E-state index >= 15 is 0 Å². The van der Waals surface area contributed by atoms with Gasteiger partial charge in [0.05, 0.1) is 16.8 Å². The smallest absolute Gasteiger partial charge is 0.244 e. The molecule has 1 aliphatic heterocycles. The first-order chi connectivity index (χ1) is 12.1. The molecule has 2 N–H and O–H groups in total. The van der Waals surface area contributed by atoms with Gasteiger partial charge in [-0.15, -0.1) is 0 Å². The van der Waals surface area contributed by atoms with Crippen LogP contribution in [0.2, 0.25) is 5.02 Å². The van der Waals surface area contributed by atoms with Crippen LogP contribution in [0.4, 0.5) is 5.69 Å². The Balaban J connectivity index is 1.53. The summed E-state index contributed by atoms with van der Waals surface area (Å²) in [5, 5.41) is 13.9. The number of fused-ring (bicyclic) bond motifs is 1. The number of benzene rings is 2. The number of aromatic hydroxyl groups is 1. The van der Waals surface area contributed by atoms with E-state index in [4.69, 9.17) is 11.6 Å². The fraction of sp³-hybridized carbons (Fsp3) is 0.350. The molecule has 1 fully saturated rings. The minimum atomic E-state index is -0.213. The van der Waals surface area contributed by atoms with Gasteiger partial charge >= 0.3 is 0 Å². The van der Waals surface area contributed by atoms with Gasteiger partial charge in [0.25, 0.3) is 0 Å². The number of carbonyl (C=O) groups is 1. The van der Waals surface area contributed by atoms with Gasteiger partial charge in [-0.2, -0.15) is 0 Å². The number of aryl methyl sites for hydroxylation is 1. The molecule has 2 aromatic rings. The minimum Gasteiger partial charge on any atom is -0.508 e. The van der Waals surface area contributed by atoms with E-state index in [2.05, 4.69) is 5.32 Å². The largest absolute Gasteiger partial charge is 0.508 e. The molecule has 0 spiro atoms. The lowest BCUT2D eigenvalue weighted by molar-refractivity contribution is -0.119. The second-order valence-electron chi connectivity index (χ2n) is 6.78. The van der Waals surface area contributed by atoms with E-state index < -0.39 is 0 Å². The van der Waals surface area contributed by atoms with Crippen LogP contribution in [0.3, 0.4) is 0 Å². The molecule has 1 heterocycles. The number of phenols is 1. The molecule has 2 atom stereocenters. The first-order valence-electron chi connectivity index (χ1n) is 8.77. The van der Waals surface area contributed by atoms with Crippen LogP contribution in [0, 0.1) is 0 Å². The van der Waals surface area contributed by atoms with Gasteiger partial charge in [0.15, 0.2) is 0 Å². The third-order valence-electron chi connectivity index (χ3n) is 5.19. The zero-order valence-corrected chi connectivity index (χ0v) is 14.7. The molecule has 130 valence electrons. The standard InChI is InChI=1S/C20H21ClN2O2/c21-16-5-1-2-7-19(16)23-11-10-18(20(23)25)22-17-6-3-4-13-8-9-14(24)12-15(13)17/h1-2,5,7-9,12,17-18,22,24H,3-4,6,10-11H2. The predicted octanol–water partition coefficient (Wildman–Crippen LogP) is 3.82. The number of halogens is 1. The first-order valence-corrected chi connectivity index (χ1v) is 9.15. The number of hydrogen-bond donors (Lipinski definition) is 2. The van der Waals surface area contributed by atoms with Crippen LogP contribution in [0.25, 0.3) is 0 Å². The van der Waals surface area contributed by atoms with E-state index in [1.54, 1.807) is 11.0 Å². The molecule has 4 nitrogen and oxygen atoms in total. The lowest BCUT2D eigenvalue weighted by atomic mass is 9.87. The fourth-order valence-corrected chi connectivity index (χ4v) is 4.18. The highest BCUT2D eigenvalue weighted by molar-refractivity contribution is 6.33. The molecule has 0 bridgehead atoms. The molecular formula is C20H21ClN2O2. The summed E-state index contributed by atoms with van der Waals surface area (Å²) in [4.78, 5) is 14.6. The van der Waals surface area contributed by atoms with Gasteiger partial charge in [0, 0.05) is 12.6 Å². The van der Waals surface area contributed by atoms with E-state index in [-0.39, 0.29) is 23.7 Å². The second-order valence-corrected chi connectivity index (χ2v) is 7.18. The van der Waals surface area contributed by atoms with Crippen LogP contribution in [0.5, 0.6) is 5.75 Å². The molecule has 2 aliphatic rings. The third-order valence-corrected chi connectivity index (χ3v) is 5.51. The van der Waals surface area contributed by atoms with Crippen LogP contribution in [-0.2, 0) is 11.2 Å². The van der Waals surface area contributed by atoms with Crippen molar-refractivity contribution in [3.8, 4) is 5.75 Å². The van der Waals surface area contributed by atoms with Crippen molar-refractivity contribution in [3.63, 3.8) is 0 Å². The molecule has 0 saturated carbocycles.